The van der Waals surface area contributed by atoms with Crippen LogP contribution in [0.5, 0.6) is 11.6 Å². The van der Waals surface area contributed by atoms with Crippen LogP contribution in [0.15, 0.2) is 18.2 Å². The summed E-state index contributed by atoms with van der Waals surface area (Å²) >= 11 is 0. The summed E-state index contributed by atoms with van der Waals surface area (Å²) in [7, 11) is 0. The lowest BCUT2D eigenvalue weighted by atomic mass is 10.1. The van der Waals surface area contributed by atoms with Crippen molar-refractivity contribution in [1.29, 1.82) is 0 Å². The zero-order valence-electron chi connectivity index (χ0n) is 13.1. The lowest BCUT2D eigenvalue weighted by Crippen LogP contribution is -2.17. The Morgan fingerprint density at radius 2 is 2.13 bits per heavy atom. The van der Waals surface area contributed by atoms with Gasteiger partial charge in [0.05, 0.1) is 5.69 Å². The first-order valence-electron chi connectivity index (χ1n) is 7.65. The monoisotopic (exact) mass is 315 g/mol. The average Bonchev–Trinajstić information content (AvgIpc) is 3.34. The number of rotatable bonds is 5. The number of nitrogens with zero attached hydrogens (tertiary/aromatic N) is 2. The van der Waals surface area contributed by atoms with Gasteiger partial charge in [-0.05, 0) is 49.3 Å². The zero-order valence-corrected chi connectivity index (χ0v) is 13.1. The van der Waals surface area contributed by atoms with Gasteiger partial charge in [-0.1, -0.05) is 19.1 Å². The van der Waals surface area contributed by atoms with E-state index in [4.69, 9.17) is 10.5 Å². The van der Waals surface area contributed by atoms with Gasteiger partial charge in [0.2, 0.25) is 0 Å². The Morgan fingerprint density at radius 1 is 1.39 bits per heavy atom. The molecule has 1 aromatic carbocycles. The van der Waals surface area contributed by atoms with Gasteiger partial charge < -0.3 is 10.5 Å². The van der Waals surface area contributed by atoms with E-state index in [1.165, 1.54) is 6.07 Å². The molecule has 0 saturated heterocycles. The van der Waals surface area contributed by atoms with Gasteiger partial charge in [-0.2, -0.15) is 5.10 Å². The lowest BCUT2D eigenvalue weighted by Gasteiger charge is -2.13. The molecule has 1 fully saturated rings. The van der Waals surface area contributed by atoms with E-state index < -0.39 is 11.7 Å². The maximum absolute atomic E-state index is 14.5. The third-order valence-corrected chi connectivity index (χ3v) is 4.08. The molecule has 1 amide bonds. The van der Waals surface area contributed by atoms with Gasteiger partial charge in [-0.25, -0.2) is 4.39 Å². The number of carbonyl (C=O) groups is 1. The Labute approximate surface area is 133 Å². The molecule has 0 bridgehead atoms. The first-order chi connectivity index (χ1) is 11.0. The molecular weight excluding hydrogens is 297 g/mol. The summed E-state index contributed by atoms with van der Waals surface area (Å²) in [6.45, 7) is 3.64. The number of primary amides is 1. The Hall–Kier alpha value is -2.50. The van der Waals surface area contributed by atoms with Crippen LogP contribution in [0.25, 0.3) is 0 Å². The van der Waals surface area contributed by atoms with Gasteiger partial charge in [-0.15, -0.1) is 5.10 Å². The standard InChI is InChI=1S/C17H18FN3O2/c1-3-12-9(2)14(16(19)22)17(21-20-12)23-13-6-4-5-11(15(13)18)10-7-8-10/h4-6,10H,3,7-8H2,1-2H3,(H2,19,22). The second-order valence-corrected chi connectivity index (χ2v) is 5.71. The van der Waals surface area contributed by atoms with Crippen LogP contribution >= 0.6 is 0 Å². The fourth-order valence-electron chi connectivity index (χ4n) is 2.65. The molecule has 23 heavy (non-hydrogen) atoms. The summed E-state index contributed by atoms with van der Waals surface area (Å²) in [4.78, 5) is 11.8. The molecule has 2 aromatic rings. The van der Waals surface area contributed by atoms with Gasteiger partial charge in [-0.3, -0.25) is 4.79 Å². The number of halogens is 1. The van der Waals surface area contributed by atoms with Crippen molar-refractivity contribution in [3.8, 4) is 11.6 Å². The number of benzene rings is 1. The number of aromatic nitrogens is 2. The molecule has 1 heterocycles. The summed E-state index contributed by atoms with van der Waals surface area (Å²) in [5.74, 6) is -0.844. The molecule has 5 nitrogen and oxygen atoms in total. The van der Waals surface area contributed by atoms with E-state index in [-0.39, 0.29) is 23.1 Å². The van der Waals surface area contributed by atoms with Crippen molar-refractivity contribution in [1.82, 2.24) is 10.2 Å². The van der Waals surface area contributed by atoms with Crippen molar-refractivity contribution < 1.29 is 13.9 Å². The van der Waals surface area contributed by atoms with E-state index in [1.807, 2.05) is 6.92 Å². The highest BCUT2D eigenvalue weighted by Gasteiger charge is 2.28. The number of aryl methyl sites for hydroxylation is 1. The molecule has 1 aliphatic rings. The first-order valence-corrected chi connectivity index (χ1v) is 7.65. The normalized spacial score (nSPS) is 13.9. The van der Waals surface area contributed by atoms with E-state index in [0.29, 0.717) is 23.2 Å². The SMILES string of the molecule is CCc1nnc(Oc2cccc(C3CC3)c2F)c(C(N)=O)c1C. The van der Waals surface area contributed by atoms with E-state index in [0.717, 1.165) is 12.8 Å². The van der Waals surface area contributed by atoms with Gasteiger partial charge in [0.1, 0.15) is 5.56 Å². The molecule has 0 radical (unpaired) electrons. The van der Waals surface area contributed by atoms with E-state index in [9.17, 15) is 9.18 Å². The van der Waals surface area contributed by atoms with Crippen molar-refractivity contribution in [2.45, 2.75) is 39.0 Å². The average molecular weight is 315 g/mol. The summed E-state index contributed by atoms with van der Waals surface area (Å²) in [6, 6.07) is 5.00. The highest BCUT2D eigenvalue weighted by molar-refractivity contribution is 5.96. The fraction of sp³-hybridized carbons (Fsp3) is 0.353. The van der Waals surface area contributed by atoms with Gasteiger partial charge in [0, 0.05) is 0 Å². The number of ether oxygens (including phenoxy) is 1. The smallest absolute Gasteiger partial charge is 0.254 e. The molecule has 0 spiro atoms. The van der Waals surface area contributed by atoms with E-state index >= 15 is 0 Å². The van der Waals surface area contributed by atoms with Crippen LogP contribution in [-0.2, 0) is 6.42 Å². The molecule has 0 aliphatic heterocycles. The van der Waals surface area contributed by atoms with Gasteiger partial charge in [0.15, 0.2) is 11.6 Å². The maximum Gasteiger partial charge on any atom is 0.254 e. The molecule has 1 aromatic heterocycles. The predicted molar refractivity (Wildman–Crippen MR) is 83.1 cm³/mol. The predicted octanol–water partition coefficient (Wildman–Crippen LogP) is 3.26. The number of nitrogens with two attached hydrogens (primary N) is 1. The van der Waals surface area contributed by atoms with Gasteiger partial charge >= 0.3 is 0 Å². The molecule has 1 aliphatic carbocycles. The molecule has 0 unspecified atom stereocenters. The fourth-order valence-corrected chi connectivity index (χ4v) is 2.65. The third kappa shape index (κ3) is 2.88. The van der Waals surface area contributed by atoms with Crippen molar-refractivity contribution in [3.05, 3.63) is 46.4 Å². The van der Waals surface area contributed by atoms with Crippen LogP contribution in [0.4, 0.5) is 4.39 Å². The summed E-state index contributed by atoms with van der Waals surface area (Å²) in [6.07, 6.45) is 2.58. The summed E-state index contributed by atoms with van der Waals surface area (Å²) < 4.78 is 20.1. The minimum absolute atomic E-state index is 0.0369. The van der Waals surface area contributed by atoms with Crippen LogP contribution in [0, 0.1) is 12.7 Å². The zero-order chi connectivity index (χ0) is 16.6. The molecule has 120 valence electrons. The molecule has 0 atom stereocenters. The minimum Gasteiger partial charge on any atom is -0.434 e. The molecule has 6 heteroatoms. The Kier molecular flexibility index (Phi) is 3.98. The number of hydrogen-bond acceptors (Lipinski definition) is 4. The summed E-state index contributed by atoms with van der Waals surface area (Å²) in [5.41, 5.74) is 7.50. The van der Waals surface area contributed by atoms with Crippen LogP contribution in [0.1, 0.15) is 52.9 Å². The molecule has 3 rings (SSSR count). The third-order valence-electron chi connectivity index (χ3n) is 4.08. The highest BCUT2D eigenvalue weighted by atomic mass is 19.1. The minimum atomic E-state index is -0.666. The Morgan fingerprint density at radius 3 is 2.74 bits per heavy atom. The number of hydrogen-bond donors (Lipinski definition) is 1. The van der Waals surface area contributed by atoms with Crippen LogP contribution in [0.2, 0.25) is 0 Å². The van der Waals surface area contributed by atoms with E-state index in [2.05, 4.69) is 10.2 Å². The van der Waals surface area contributed by atoms with E-state index in [1.54, 1.807) is 19.1 Å². The van der Waals surface area contributed by atoms with Gasteiger partial charge in [0.25, 0.3) is 11.8 Å². The lowest BCUT2D eigenvalue weighted by molar-refractivity contribution is 0.0996. The molecular formula is C17H18FN3O2. The molecule has 1 saturated carbocycles. The van der Waals surface area contributed by atoms with Crippen LogP contribution < -0.4 is 10.5 Å². The maximum atomic E-state index is 14.5. The summed E-state index contributed by atoms with van der Waals surface area (Å²) in [5, 5.41) is 7.95. The largest absolute Gasteiger partial charge is 0.434 e. The quantitative estimate of drug-likeness (QED) is 0.918. The second kappa shape index (κ2) is 5.95. The van der Waals surface area contributed by atoms with Crippen molar-refractivity contribution in [2.75, 3.05) is 0 Å². The molecule has 2 N–H and O–H groups in total. The Bertz CT molecular complexity index is 773. The van der Waals surface area contributed by atoms with Crippen LogP contribution in [-0.4, -0.2) is 16.1 Å². The first kappa shape index (κ1) is 15.4. The van der Waals surface area contributed by atoms with Crippen molar-refractivity contribution >= 4 is 5.91 Å². The second-order valence-electron chi connectivity index (χ2n) is 5.71. The number of amides is 1. The Balaban J connectivity index is 2.02. The van der Waals surface area contributed by atoms with Crippen molar-refractivity contribution in [3.63, 3.8) is 0 Å². The van der Waals surface area contributed by atoms with Crippen molar-refractivity contribution in [2.24, 2.45) is 5.73 Å². The van der Waals surface area contributed by atoms with Crippen LogP contribution in [0.3, 0.4) is 0 Å². The topological polar surface area (TPSA) is 78.1 Å². The number of carbonyl (C=O) groups excluding carboxylic acids is 1. The highest BCUT2D eigenvalue weighted by Crippen LogP contribution is 2.43.